The summed E-state index contributed by atoms with van der Waals surface area (Å²) in [7, 11) is 0. The molecule has 0 atom stereocenters. The molecule has 1 amide bonds. The van der Waals surface area contributed by atoms with Gasteiger partial charge >= 0.3 is 0 Å². The fourth-order valence-electron chi connectivity index (χ4n) is 0. The molecule has 2 nitrogen and oxygen atoms in total. The highest BCUT2D eigenvalue weighted by Gasteiger charge is 1.78. The lowest BCUT2D eigenvalue weighted by atomic mass is 11.5. The van der Waals surface area contributed by atoms with Crippen molar-refractivity contribution in [2.45, 2.75) is 4.30 Å². The molecule has 0 aliphatic heterocycles. The summed E-state index contributed by atoms with van der Waals surface area (Å²) < 4.78 is -0.750. The summed E-state index contributed by atoms with van der Waals surface area (Å²) in [6.07, 6.45) is 0.250. The van der Waals surface area contributed by atoms with E-state index in [0.717, 1.165) is 0 Å². The van der Waals surface area contributed by atoms with Gasteiger partial charge in [-0.15, -0.1) is 0 Å². The van der Waals surface area contributed by atoms with Gasteiger partial charge in [-0.25, -0.2) is 0 Å². The molecule has 0 rings (SSSR count). The zero-order valence-corrected chi connectivity index (χ0v) is 5.54. The molecule has 0 aromatic carbocycles. The molecule has 44 valence electrons. The number of carbonyl (C=O) groups is 1. The molecule has 7 heavy (non-hydrogen) atoms. The van der Waals surface area contributed by atoms with E-state index in [4.69, 9.17) is 39.6 Å². The van der Waals surface area contributed by atoms with Crippen molar-refractivity contribution in [1.82, 2.24) is 0 Å². The second-order valence-corrected chi connectivity index (χ2v) is 2.36. The molecule has 5 heteroatoms. The second-order valence-electron chi connectivity index (χ2n) is 0.384. The lowest BCUT2D eigenvalue weighted by Gasteiger charge is -1.69. The van der Waals surface area contributed by atoms with E-state index >= 15 is 0 Å². The Labute approximate surface area is 56.5 Å². The molecular weight excluding hydrogens is 160 g/mol. The van der Waals surface area contributed by atoms with Crippen molar-refractivity contribution >= 4 is 41.2 Å². The van der Waals surface area contributed by atoms with Gasteiger partial charge in [0.15, 0.2) is 4.30 Å². The Morgan fingerprint density at radius 1 is 1.43 bits per heavy atom. The fraction of sp³-hybridized carbons (Fsp3) is 0.500. The van der Waals surface area contributed by atoms with Gasteiger partial charge in [-0.05, 0) is 0 Å². The standard InChI is InChI=1S/CHCl3.CH3NO/c2-1(3)4;2-1-3/h1H;1H,(H2,2,3). The Kier molecular flexibility index (Phi) is 14.2. The maximum atomic E-state index is 8.58. The van der Waals surface area contributed by atoms with Crippen molar-refractivity contribution in [2.75, 3.05) is 0 Å². The molecular formula is C2H4Cl3NO. The topological polar surface area (TPSA) is 43.1 Å². The summed E-state index contributed by atoms with van der Waals surface area (Å²) >= 11 is 14.4. The van der Waals surface area contributed by atoms with Crippen LogP contribution >= 0.6 is 34.8 Å². The van der Waals surface area contributed by atoms with Crippen molar-refractivity contribution in [2.24, 2.45) is 5.73 Å². The second kappa shape index (κ2) is 9.60. The van der Waals surface area contributed by atoms with Crippen molar-refractivity contribution in [3.8, 4) is 0 Å². The highest BCUT2D eigenvalue weighted by molar-refractivity contribution is 6.63. The van der Waals surface area contributed by atoms with E-state index in [-0.39, 0.29) is 6.41 Å². The van der Waals surface area contributed by atoms with Crippen molar-refractivity contribution < 1.29 is 4.79 Å². The van der Waals surface area contributed by atoms with Gasteiger partial charge in [-0.3, -0.25) is 4.79 Å². The van der Waals surface area contributed by atoms with E-state index in [2.05, 4.69) is 5.73 Å². The average molecular weight is 164 g/mol. The fourth-order valence-corrected chi connectivity index (χ4v) is 0. The van der Waals surface area contributed by atoms with Crippen LogP contribution in [0.2, 0.25) is 0 Å². The first-order valence-corrected chi connectivity index (χ1v) is 2.53. The molecule has 0 spiro atoms. The minimum atomic E-state index is -0.750. The zero-order chi connectivity index (χ0) is 6.28. The molecule has 0 saturated carbocycles. The Morgan fingerprint density at radius 2 is 1.43 bits per heavy atom. The number of hydrogen-bond donors (Lipinski definition) is 1. The van der Waals surface area contributed by atoms with Crippen LogP contribution in [-0.4, -0.2) is 10.7 Å². The lowest BCUT2D eigenvalue weighted by molar-refractivity contribution is -0.106. The first-order chi connectivity index (χ1) is 3.15. The molecule has 2 N–H and O–H groups in total. The Bertz CT molecular complexity index is 37.2. The van der Waals surface area contributed by atoms with Crippen LogP contribution in [0.15, 0.2) is 0 Å². The molecule has 0 saturated heterocycles. The molecule has 0 radical (unpaired) electrons. The lowest BCUT2D eigenvalue weighted by Crippen LogP contribution is -1.82. The number of rotatable bonds is 0. The maximum absolute atomic E-state index is 8.58. The normalized spacial score (nSPS) is 6.86. The molecule has 0 aliphatic carbocycles. The Hall–Kier alpha value is 0.340. The minimum Gasteiger partial charge on any atom is -0.372 e. The minimum absolute atomic E-state index is 0.250. The van der Waals surface area contributed by atoms with Crippen LogP contribution in [0.25, 0.3) is 0 Å². The van der Waals surface area contributed by atoms with Crippen LogP contribution in [0.1, 0.15) is 0 Å². The van der Waals surface area contributed by atoms with E-state index in [0.29, 0.717) is 0 Å². The van der Waals surface area contributed by atoms with Crippen LogP contribution in [-0.2, 0) is 4.79 Å². The predicted molar refractivity (Wildman–Crippen MR) is 31.6 cm³/mol. The quantitative estimate of drug-likeness (QED) is 0.423. The highest BCUT2D eigenvalue weighted by atomic mass is 35.6. The van der Waals surface area contributed by atoms with E-state index in [9.17, 15) is 0 Å². The first-order valence-electron chi connectivity index (χ1n) is 1.22. The summed E-state index contributed by atoms with van der Waals surface area (Å²) in [4.78, 5) is 8.58. The third-order valence-electron chi connectivity index (χ3n) is 0. The molecule has 0 bridgehead atoms. The highest BCUT2D eigenvalue weighted by Crippen LogP contribution is 2.03. The zero-order valence-electron chi connectivity index (χ0n) is 3.27. The summed E-state index contributed by atoms with van der Waals surface area (Å²) in [5, 5.41) is 0. The number of carbonyl (C=O) groups excluding carboxylic acids is 1. The van der Waals surface area contributed by atoms with Crippen molar-refractivity contribution in [3.63, 3.8) is 0 Å². The monoisotopic (exact) mass is 163 g/mol. The number of primary amides is 1. The van der Waals surface area contributed by atoms with Crippen molar-refractivity contribution in [1.29, 1.82) is 0 Å². The van der Waals surface area contributed by atoms with Gasteiger partial charge < -0.3 is 5.73 Å². The molecule has 0 aromatic heterocycles. The molecule has 0 aromatic rings. The number of amides is 1. The number of halogens is 3. The number of nitrogens with two attached hydrogens (primary N) is 1. The number of alkyl halides is 3. The maximum Gasteiger partial charge on any atom is 0.204 e. The van der Waals surface area contributed by atoms with E-state index in [1.54, 1.807) is 0 Å². The van der Waals surface area contributed by atoms with E-state index < -0.39 is 4.30 Å². The van der Waals surface area contributed by atoms with Gasteiger partial charge in [0.1, 0.15) is 0 Å². The molecule has 0 unspecified atom stereocenters. The smallest absolute Gasteiger partial charge is 0.204 e. The first kappa shape index (κ1) is 10.3. The largest absolute Gasteiger partial charge is 0.372 e. The molecule has 0 fully saturated rings. The molecule has 0 aliphatic rings. The summed E-state index contributed by atoms with van der Waals surface area (Å²) in [5.41, 5.74) is 4.17. The van der Waals surface area contributed by atoms with E-state index in [1.165, 1.54) is 0 Å². The van der Waals surface area contributed by atoms with Gasteiger partial charge in [0.25, 0.3) is 0 Å². The predicted octanol–water partition coefficient (Wildman–Crippen LogP) is 1.09. The van der Waals surface area contributed by atoms with Gasteiger partial charge in [0.2, 0.25) is 6.41 Å². The van der Waals surface area contributed by atoms with Gasteiger partial charge in [-0.1, -0.05) is 34.8 Å². The van der Waals surface area contributed by atoms with Crippen molar-refractivity contribution in [3.05, 3.63) is 0 Å². The Morgan fingerprint density at radius 3 is 1.43 bits per heavy atom. The third kappa shape index (κ3) is 1030. The summed E-state index contributed by atoms with van der Waals surface area (Å²) in [5.74, 6) is 0. The average Bonchev–Trinajstić information content (AvgIpc) is 1.33. The van der Waals surface area contributed by atoms with Crippen LogP contribution in [0.3, 0.4) is 0 Å². The molecule has 0 heterocycles. The third-order valence-corrected chi connectivity index (χ3v) is 0. The van der Waals surface area contributed by atoms with Gasteiger partial charge in [-0.2, -0.15) is 0 Å². The van der Waals surface area contributed by atoms with Crippen LogP contribution in [0, 0.1) is 0 Å². The van der Waals surface area contributed by atoms with Gasteiger partial charge in [0.05, 0.1) is 0 Å². The SMILES string of the molecule is ClC(Cl)Cl.NC=O. The Balaban J connectivity index is 0. The van der Waals surface area contributed by atoms with E-state index in [1.807, 2.05) is 0 Å². The number of hydrogen-bond acceptors (Lipinski definition) is 1. The van der Waals surface area contributed by atoms with Crippen LogP contribution in [0.4, 0.5) is 0 Å². The van der Waals surface area contributed by atoms with Crippen LogP contribution in [0.5, 0.6) is 0 Å². The van der Waals surface area contributed by atoms with Gasteiger partial charge in [0, 0.05) is 0 Å². The summed E-state index contributed by atoms with van der Waals surface area (Å²) in [6, 6.07) is 0. The van der Waals surface area contributed by atoms with Crippen LogP contribution < -0.4 is 5.73 Å². The summed E-state index contributed by atoms with van der Waals surface area (Å²) in [6.45, 7) is 0.